The number of fused-ring (bicyclic) bond motifs is 2. The van der Waals surface area contributed by atoms with Gasteiger partial charge in [0.15, 0.2) is 5.43 Å². The number of aryl methyl sites for hydroxylation is 2. The number of amides is 1. The molecule has 1 unspecified atom stereocenters. The summed E-state index contributed by atoms with van der Waals surface area (Å²) in [6.07, 6.45) is 0. The van der Waals surface area contributed by atoms with Crippen LogP contribution in [0.15, 0.2) is 51.7 Å². The minimum atomic E-state index is -0.440. The summed E-state index contributed by atoms with van der Waals surface area (Å²) in [4.78, 5) is 31.1. The Morgan fingerprint density at radius 2 is 1.65 bits per heavy atom. The molecule has 1 aromatic heterocycles. The molecule has 5 rings (SSSR count). The maximum atomic E-state index is 13.6. The van der Waals surface area contributed by atoms with Gasteiger partial charge in [0.05, 0.1) is 30.2 Å². The van der Waals surface area contributed by atoms with Crippen LogP contribution in [0.3, 0.4) is 0 Å². The standard InChI is InChI=1S/C25H26N2O4/c1-16-3-6-18(7-4-16)22-21-23(28)19-15-17(2)5-8-20(19)31-24(21)25(29)27(22)10-9-26-11-13-30-14-12-26/h3-8,15,22H,9-14H2,1-2H3. The van der Waals surface area contributed by atoms with Crippen LogP contribution in [-0.4, -0.2) is 55.1 Å². The van der Waals surface area contributed by atoms with Gasteiger partial charge in [0.1, 0.15) is 5.58 Å². The van der Waals surface area contributed by atoms with Crippen molar-refractivity contribution < 1.29 is 13.9 Å². The molecule has 31 heavy (non-hydrogen) atoms. The van der Waals surface area contributed by atoms with Gasteiger partial charge in [0, 0.05) is 26.2 Å². The van der Waals surface area contributed by atoms with Crippen molar-refractivity contribution in [3.05, 3.63) is 80.7 Å². The van der Waals surface area contributed by atoms with Gasteiger partial charge in [0.2, 0.25) is 5.76 Å². The summed E-state index contributed by atoms with van der Waals surface area (Å²) in [5.41, 5.74) is 3.84. The van der Waals surface area contributed by atoms with E-state index in [1.165, 1.54) is 0 Å². The number of carbonyl (C=O) groups is 1. The second-order valence-electron chi connectivity index (χ2n) is 8.44. The van der Waals surface area contributed by atoms with Crippen LogP contribution in [0.2, 0.25) is 0 Å². The first-order chi connectivity index (χ1) is 15.0. The molecule has 1 fully saturated rings. The summed E-state index contributed by atoms with van der Waals surface area (Å²) in [6.45, 7) is 8.35. The van der Waals surface area contributed by atoms with E-state index in [9.17, 15) is 9.59 Å². The fourth-order valence-corrected chi connectivity index (χ4v) is 4.53. The van der Waals surface area contributed by atoms with Crippen LogP contribution >= 0.6 is 0 Å². The SMILES string of the molecule is Cc1ccc(C2c3c(oc4ccc(C)cc4c3=O)C(=O)N2CCN2CCOCC2)cc1. The molecule has 1 atom stereocenters. The van der Waals surface area contributed by atoms with Crippen molar-refractivity contribution in [1.82, 2.24) is 9.80 Å². The molecule has 3 aromatic rings. The van der Waals surface area contributed by atoms with Gasteiger partial charge in [-0.25, -0.2) is 0 Å². The lowest BCUT2D eigenvalue weighted by Crippen LogP contribution is -2.42. The van der Waals surface area contributed by atoms with E-state index in [2.05, 4.69) is 4.90 Å². The van der Waals surface area contributed by atoms with Crippen molar-refractivity contribution >= 4 is 16.9 Å². The van der Waals surface area contributed by atoms with Gasteiger partial charge in [-0.1, -0.05) is 41.5 Å². The fraction of sp³-hybridized carbons (Fsp3) is 0.360. The lowest BCUT2D eigenvalue weighted by Gasteiger charge is -2.31. The van der Waals surface area contributed by atoms with Crippen molar-refractivity contribution in [2.75, 3.05) is 39.4 Å². The van der Waals surface area contributed by atoms with Crippen LogP contribution < -0.4 is 5.43 Å². The predicted octanol–water partition coefficient (Wildman–Crippen LogP) is 3.29. The maximum Gasteiger partial charge on any atom is 0.290 e. The molecule has 0 spiro atoms. The van der Waals surface area contributed by atoms with Crippen molar-refractivity contribution in [2.45, 2.75) is 19.9 Å². The third-order valence-electron chi connectivity index (χ3n) is 6.28. The summed E-state index contributed by atoms with van der Waals surface area (Å²) >= 11 is 0. The molecule has 0 radical (unpaired) electrons. The molecule has 160 valence electrons. The van der Waals surface area contributed by atoms with Crippen molar-refractivity contribution in [2.24, 2.45) is 0 Å². The Morgan fingerprint density at radius 3 is 2.39 bits per heavy atom. The molecule has 0 aliphatic carbocycles. The number of hydrogen-bond acceptors (Lipinski definition) is 5. The second kappa shape index (κ2) is 7.94. The van der Waals surface area contributed by atoms with E-state index in [0.717, 1.165) is 36.3 Å². The van der Waals surface area contributed by atoms with Crippen LogP contribution in [0.25, 0.3) is 11.0 Å². The highest BCUT2D eigenvalue weighted by Gasteiger charge is 2.42. The van der Waals surface area contributed by atoms with Crippen LogP contribution in [0.4, 0.5) is 0 Å². The Kier molecular flexibility index (Phi) is 5.12. The topological polar surface area (TPSA) is 63.0 Å². The zero-order valence-corrected chi connectivity index (χ0v) is 17.9. The fourth-order valence-electron chi connectivity index (χ4n) is 4.53. The Hall–Kier alpha value is -2.96. The number of ether oxygens (including phenoxy) is 1. The molecule has 0 N–H and O–H groups in total. The van der Waals surface area contributed by atoms with E-state index in [1.807, 2.05) is 50.2 Å². The zero-order valence-electron chi connectivity index (χ0n) is 17.9. The molecule has 1 amide bonds. The predicted molar refractivity (Wildman–Crippen MR) is 119 cm³/mol. The minimum absolute atomic E-state index is 0.118. The first-order valence-corrected chi connectivity index (χ1v) is 10.8. The maximum absolute atomic E-state index is 13.6. The third-order valence-corrected chi connectivity index (χ3v) is 6.28. The number of nitrogens with zero attached hydrogens (tertiary/aromatic N) is 2. The van der Waals surface area contributed by atoms with E-state index in [4.69, 9.17) is 9.15 Å². The van der Waals surface area contributed by atoms with Crippen LogP contribution in [0.5, 0.6) is 0 Å². The molecule has 2 aliphatic heterocycles. The summed E-state index contributed by atoms with van der Waals surface area (Å²) in [5, 5.41) is 0.527. The largest absolute Gasteiger partial charge is 0.450 e. The summed E-state index contributed by atoms with van der Waals surface area (Å²) in [5.74, 6) is -0.0395. The number of benzene rings is 2. The van der Waals surface area contributed by atoms with Gasteiger partial charge >= 0.3 is 0 Å². The second-order valence-corrected chi connectivity index (χ2v) is 8.44. The van der Waals surface area contributed by atoms with Crippen molar-refractivity contribution in [3.8, 4) is 0 Å². The van der Waals surface area contributed by atoms with E-state index >= 15 is 0 Å². The molecular formula is C25H26N2O4. The first-order valence-electron chi connectivity index (χ1n) is 10.8. The van der Waals surface area contributed by atoms with Crippen molar-refractivity contribution in [1.29, 1.82) is 0 Å². The molecule has 3 heterocycles. The first kappa shape index (κ1) is 20.0. The number of carbonyl (C=O) groups excluding carboxylic acids is 1. The van der Waals surface area contributed by atoms with Gasteiger partial charge in [-0.2, -0.15) is 0 Å². The highest BCUT2D eigenvalue weighted by atomic mass is 16.5. The molecule has 6 nitrogen and oxygen atoms in total. The number of rotatable bonds is 4. The summed E-state index contributed by atoms with van der Waals surface area (Å²) in [7, 11) is 0. The average molecular weight is 418 g/mol. The number of morpholine rings is 1. The quantitative estimate of drug-likeness (QED) is 0.651. The van der Waals surface area contributed by atoms with E-state index < -0.39 is 6.04 Å². The summed E-state index contributed by atoms with van der Waals surface area (Å²) in [6, 6.07) is 13.1. The van der Waals surface area contributed by atoms with Gasteiger partial charge in [-0.15, -0.1) is 0 Å². The number of hydrogen-bond donors (Lipinski definition) is 0. The highest BCUT2D eigenvalue weighted by molar-refractivity contribution is 5.99. The monoisotopic (exact) mass is 418 g/mol. The highest BCUT2D eigenvalue weighted by Crippen LogP contribution is 2.38. The molecule has 6 heteroatoms. The Balaban J connectivity index is 1.60. The molecule has 0 saturated carbocycles. The Labute approximate surface area is 181 Å². The van der Waals surface area contributed by atoms with Crippen LogP contribution in [0, 0.1) is 13.8 Å². The normalized spacial score (nSPS) is 19.2. The van der Waals surface area contributed by atoms with Gasteiger partial charge in [0.25, 0.3) is 5.91 Å². The Morgan fingerprint density at radius 1 is 0.935 bits per heavy atom. The average Bonchev–Trinajstić information content (AvgIpc) is 3.06. The van der Waals surface area contributed by atoms with Crippen LogP contribution in [0.1, 0.15) is 38.9 Å². The van der Waals surface area contributed by atoms with Crippen LogP contribution in [-0.2, 0) is 4.74 Å². The van der Waals surface area contributed by atoms with E-state index in [-0.39, 0.29) is 17.1 Å². The smallest absolute Gasteiger partial charge is 0.290 e. The van der Waals surface area contributed by atoms with Gasteiger partial charge in [-0.3, -0.25) is 14.5 Å². The minimum Gasteiger partial charge on any atom is -0.450 e. The summed E-state index contributed by atoms with van der Waals surface area (Å²) < 4.78 is 11.5. The van der Waals surface area contributed by atoms with E-state index in [0.29, 0.717) is 36.3 Å². The third kappa shape index (κ3) is 3.56. The zero-order chi connectivity index (χ0) is 21.5. The van der Waals surface area contributed by atoms with Gasteiger partial charge < -0.3 is 14.1 Å². The molecule has 2 aliphatic rings. The lowest BCUT2D eigenvalue weighted by atomic mass is 9.97. The van der Waals surface area contributed by atoms with E-state index in [1.54, 1.807) is 11.0 Å². The molecular weight excluding hydrogens is 392 g/mol. The van der Waals surface area contributed by atoms with Crippen molar-refractivity contribution in [3.63, 3.8) is 0 Å². The Bertz CT molecular complexity index is 1190. The molecule has 1 saturated heterocycles. The lowest BCUT2D eigenvalue weighted by molar-refractivity contribution is 0.0314. The molecule has 2 aromatic carbocycles. The molecule has 0 bridgehead atoms. The van der Waals surface area contributed by atoms with Gasteiger partial charge in [-0.05, 0) is 31.5 Å².